The van der Waals surface area contributed by atoms with Crippen LogP contribution < -0.4 is 10.6 Å². The van der Waals surface area contributed by atoms with Gasteiger partial charge in [-0.25, -0.2) is 4.98 Å². The number of thiophene rings is 1. The maximum atomic E-state index is 11.0. The van der Waals surface area contributed by atoms with Gasteiger partial charge in [0.25, 0.3) is 0 Å². The number of nitrogens with zero attached hydrogens (tertiary/aromatic N) is 2. The summed E-state index contributed by atoms with van der Waals surface area (Å²) in [6.45, 7) is 4.04. The highest BCUT2D eigenvalue weighted by atomic mass is 32.1. The summed E-state index contributed by atoms with van der Waals surface area (Å²) >= 11 is 1.67. The van der Waals surface area contributed by atoms with Crippen LogP contribution in [0.5, 0.6) is 0 Å². The average Bonchev–Trinajstić information content (AvgIpc) is 3.43. The summed E-state index contributed by atoms with van der Waals surface area (Å²) in [6.07, 6.45) is 5.76. The lowest BCUT2D eigenvalue weighted by molar-refractivity contribution is -0.135. The molecule has 0 bridgehead atoms. The number of carboxylic acids is 1. The Morgan fingerprint density at radius 1 is 1.22 bits per heavy atom. The molecule has 4 N–H and O–H groups in total. The van der Waals surface area contributed by atoms with Crippen molar-refractivity contribution in [3.63, 3.8) is 0 Å². The zero-order chi connectivity index (χ0) is 22.5. The highest BCUT2D eigenvalue weighted by Gasteiger charge is 2.13. The van der Waals surface area contributed by atoms with Crippen LogP contribution in [0.15, 0.2) is 54.1 Å². The van der Waals surface area contributed by atoms with E-state index in [0.717, 1.165) is 51.4 Å². The minimum absolute atomic E-state index is 0.121. The molecule has 7 nitrogen and oxygen atoms in total. The summed E-state index contributed by atoms with van der Waals surface area (Å²) in [5, 5.41) is 18.4. The van der Waals surface area contributed by atoms with Crippen molar-refractivity contribution in [1.82, 2.24) is 20.3 Å². The molecule has 0 aliphatic rings. The lowest BCUT2D eigenvalue weighted by atomic mass is 10.1. The van der Waals surface area contributed by atoms with Gasteiger partial charge in [0.05, 0.1) is 10.6 Å². The van der Waals surface area contributed by atoms with E-state index in [1.165, 1.54) is 5.56 Å². The third-order valence-electron chi connectivity index (χ3n) is 4.90. The first kappa shape index (κ1) is 21.6. The van der Waals surface area contributed by atoms with E-state index in [-0.39, 0.29) is 6.54 Å². The number of aliphatic carboxylic acids is 1. The topological polar surface area (TPSA) is 103 Å². The SMILES string of the molecule is CCC/C=C(/NCC(=O)O)c1ccc(Nc2nc(-c3cc(C)cs3)c3cc[nH]c3n2)cc1. The Labute approximate surface area is 190 Å². The first-order chi connectivity index (χ1) is 15.5. The second-order valence-corrected chi connectivity index (χ2v) is 8.39. The van der Waals surface area contributed by atoms with Crippen LogP contribution in [-0.4, -0.2) is 32.6 Å². The molecule has 0 fully saturated rings. The minimum atomic E-state index is -0.890. The Morgan fingerprint density at radius 3 is 2.72 bits per heavy atom. The zero-order valence-electron chi connectivity index (χ0n) is 18.0. The van der Waals surface area contributed by atoms with Crippen LogP contribution in [0.25, 0.3) is 27.3 Å². The van der Waals surface area contributed by atoms with E-state index in [0.29, 0.717) is 5.95 Å². The summed E-state index contributed by atoms with van der Waals surface area (Å²) in [4.78, 5) is 24.6. The maximum Gasteiger partial charge on any atom is 0.322 e. The van der Waals surface area contributed by atoms with Gasteiger partial charge in [0, 0.05) is 23.0 Å². The average molecular weight is 448 g/mol. The standard InChI is InChI=1S/C24H25N5O2S/c1-3-4-5-19(26-13-21(30)31)16-6-8-17(9-7-16)27-24-28-22(20-12-15(2)14-32-20)18-10-11-25-23(18)29-24/h5-12,14,26H,3-4,13H2,1-2H3,(H,30,31)(H2,25,27,28,29)/b19-5+. The highest BCUT2D eigenvalue weighted by molar-refractivity contribution is 7.13. The molecule has 0 unspecified atom stereocenters. The van der Waals surface area contributed by atoms with Gasteiger partial charge >= 0.3 is 5.97 Å². The number of benzene rings is 1. The molecule has 4 rings (SSSR count). The van der Waals surface area contributed by atoms with Gasteiger partial charge in [-0.3, -0.25) is 4.79 Å². The summed E-state index contributed by atoms with van der Waals surface area (Å²) in [7, 11) is 0. The Balaban J connectivity index is 1.59. The van der Waals surface area contributed by atoms with Gasteiger partial charge in [0.15, 0.2) is 0 Å². The number of hydrogen-bond acceptors (Lipinski definition) is 6. The number of anilines is 2. The van der Waals surface area contributed by atoms with E-state index in [1.54, 1.807) is 11.3 Å². The van der Waals surface area contributed by atoms with E-state index in [4.69, 9.17) is 10.1 Å². The molecule has 0 aliphatic heterocycles. The number of aryl methyl sites for hydroxylation is 1. The van der Waals surface area contributed by atoms with Gasteiger partial charge in [-0.15, -0.1) is 11.3 Å². The molecule has 0 spiro atoms. The second kappa shape index (κ2) is 9.65. The lowest BCUT2D eigenvalue weighted by Gasteiger charge is -2.12. The number of carbonyl (C=O) groups is 1. The predicted octanol–water partition coefficient (Wildman–Crippen LogP) is 5.55. The first-order valence-corrected chi connectivity index (χ1v) is 11.4. The Hall–Kier alpha value is -3.65. The van der Waals surface area contributed by atoms with E-state index in [2.05, 4.69) is 45.9 Å². The van der Waals surface area contributed by atoms with Crippen LogP contribution in [0, 0.1) is 6.92 Å². The number of allylic oxidation sites excluding steroid dienone is 1. The molecule has 0 amide bonds. The summed E-state index contributed by atoms with van der Waals surface area (Å²) in [5.74, 6) is -0.376. The number of H-pyrrole nitrogens is 1. The van der Waals surface area contributed by atoms with Crippen LogP contribution in [0.2, 0.25) is 0 Å². The molecule has 3 aromatic heterocycles. The molecule has 32 heavy (non-hydrogen) atoms. The monoisotopic (exact) mass is 447 g/mol. The smallest absolute Gasteiger partial charge is 0.322 e. The largest absolute Gasteiger partial charge is 0.480 e. The van der Waals surface area contributed by atoms with Gasteiger partial charge in [0.2, 0.25) is 5.95 Å². The van der Waals surface area contributed by atoms with Crippen molar-refractivity contribution < 1.29 is 9.90 Å². The van der Waals surface area contributed by atoms with Crippen LogP contribution >= 0.6 is 11.3 Å². The molecular weight excluding hydrogens is 422 g/mol. The molecule has 1 aromatic carbocycles. The Bertz CT molecular complexity index is 1260. The van der Waals surface area contributed by atoms with Gasteiger partial charge in [-0.2, -0.15) is 4.98 Å². The van der Waals surface area contributed by atoms with E-state index in [1.807, 2.05) is 42.6 Å². The van der Waals surface area contributed by atoms with Crippen LogP contribution in [0.3, 0.4) is 0 Å². The number of rotatable bonds is 9. The van der Waals surface area contributed by atoms with Crippen molar-refractivity contribution in [1.29, 1.82) is 0 Å². The molecule has 0 radical (unpaired) electrons. The Morgan fingerprint density at radius 2 is 2.03 bits per heavy atom. The quantitative estimate of drug-likeness (QED) is 0.268. The highest BCUT2D eigenvalue weighted by Crippen LogP contribution is 2.32. The van der Waals surface area contributed by atoms with Gasteiger partial charge in [-0.1, -0.05) is 31.6 Å². The molecule has 164 valence electrons. The number of fused-ring (bicyclic) bond motifs is 1. The predicted molar refractivity (Wildman–Crippen MR) is 130 cm³/mol. The summed E-state index contributed by atoms with van der Waals surface area (Å²) in [6, 6.07) is 11.9. The molecule has 0 aliphatic carbocycles. The molecule has 0 saturated carbocycles. The van der Waals surface area contributed by atoms with Crippen LogP contribution in [0.4, 0.5) is 11.6 Å². The number of hydrogen-bond donors (Lipinski definition) is 4. The molecule has 8 heteroatoms. The van der Waals surface area contributed by atoms with E-state index < -0.39 is 5.97 Å². The van der Waals surface area contributed by atoms with Gasteiger partial charge in [-0.05, 0) is 54.1 Å². The number of unbranched alkanes of at least 4 members (excludes halogenated alkanes) is 1. The second-order valence-electron chi connectivity index (χ2n) is 7.48. The maximum absolute atomic E-state index is 11.0. The van der Waals surface area contributed by atoms with E-state index >= 15 is 0 Å². The van der Waals surface area contributed by atoms with Crippen molar-refractivity contribution >= 4 is 45.7 Å². The molecular formula is C24H25N5O2S. The fourth-order valence-corrected chi connectivity index (χ4v) is 4.26. The fourth-order valence-electron chi connectivity index (χ4n) is 3.35. The molecule has 3 heterocycles. The lowest BCUT2D eigenvalue weighted by Crippen LogP contribution is -2.21. The van der Waals surface area contributed by atoms with Crippen molar-refractivity contribution in [3.05, 3.63) is 65.2 Å². The minimum Gasteiger partial charge on any atom is -0.480 e. The van der Waals surface area contributed by atoms with Gasteiger partial charge < -0.3 is 20.7 Å². The van der Waals surface area contributed by atoms with Gasteiger partial charge in [0.1, 0.15) is 12.2 Å². The molecule has 4 aromatic rings. The number of carboxylic acid groups (broad SMARTS) is 1. The number of nitrogens with one attached hydrogen (secondary N) is 3. The summed E-state index contributed by atoms with van der Waals surface area (Å²) < 4.78 is 0. The zero-order valence-corrected chi connectivity index (χ0v) is 18.8. The van der Waals surface area contributed by atoms with Crippen molar-refractivity contribution in [2.24, 2.45) is 0 Å². The van der Waals surface area contributed by atoms with Crippen molar-refractivity contribution in [2.75, 3.05) is 11.9 Å². The third-order valence-corrected chi connectivity index (χ3v) is 5.95. The summed E-state index contributed by atoms with van der Waals surface area (Å²) in [5.41, 5.74) is 5.49. The van der Waals surface area contributed by atoms with E-state index in [9.17, 15) is 4.79 Å². The molecule has 0 atom stereocenters. The number of aromatic nitrogens is 3. The number of aromatic amines is 1. The molecule has 0 saturated heterocycles. The van der Waals surface area contributed by atoms with Crippen LogP contribution in [0.1, 0.15) is 30.9 Å². The van der Waals surface area contributed by atoms with Crippen molar-refractivity contribution in [3.8, 4) is 10.6 Å². The fraction of sp³-hybridized carbons (Fsp3) is 0.208. The first-order valence-electron chi connectivity index (χ1n) is 10.5. The normalized spacial score (nSPS) is 11.6. The van der Waals surface area contributed by atoms with Crippen molar-refractivity contribution in [2.45, 2.75) is 26.7 Å². The third kappa shape index (κ3) is 4.97. The Kier molecular flexibility index (Phi) is 6.51. The van der Waals surface area contributed by atoms with Crippen LogP contribution in [-0.2, 0) is 4.79 Å².